The topological polar surface area (TPSA) is 113 Å². The molecule has 0 saturated heterocycles. The average molecular weight is 326 g/mol. The summed E-state index contributed by atoms with van der Waals surface area (Å²) in [7, 11) is 0. The Labute approximate surface area is 137 Å². The SMILES string of the molecule is N#C/C(=C\c1cccc(OCC(=O)O)c1)C(=O)NCc1ccco1. The highest BCUT2D eigenvalue weighted by atomic mass is 16.5. The van der Waals surface area contributed by atoms with Crippen LogP contribution >= 0.6 is 0 Å². The molecule has 122 valence electrons. The van der Waals surface area contributed by atoms with Crippen LogP contribution in [0.25, 0.3) is 6.08 Å². The Morgan fingerprint density at radius 2 is 2.17 bits per heavy atom. The van der Waals surface area contributed by atoms with Crippen LogP contribution < -0.4 is 10.1 Å². The van der Waals surface area contributed by atoms with E-state index in [1.165, 1.54) is 12.3 Å². The second-order valence-corrected chi connectivity index (χ2v) is 4.69. The minimum atomic E-state index is -1.09. The van der Waals surface area contributed by atoms with Crippen molar-refractivity contribution >= 4 is 18.0 Å². The summed E-state index contributed by atoms with van der Waals surface area (Å²) in [6, 6.07) is 11.7. The Morgan fingerprint density at radius 3 is 2.83 bits per heavy atom. The van der Waals surface area contributed by atoms with Crippen LogP contribution in [-0.2, 0) is 16.1 Å². The number of nitrogens with one attached hydrogen (secondary N) is 1. The number of hydrogen-bond acceptors (Lipinski definition) is 5. The molecular weight excluding hydrogens is 312 g/mol. The van der Waals surface area contributed by atoms with Crippen LogP contribution in [0.2, 0.25) is 0 Å². The number of hydrogen-bond donors (Lipinski definition) is 2. The molecule has 24 heavy (non-hydrogen) atoms. The molecule has 1 amide bonds. The number of rotatable bonds is 7. The monoisotopic (exact) mass is 326 g/mol. The second kappa shape index (κ2) is 8.19. The van der Waals surface area contributed by atoms with Crippen molar-refractivity contribution in [1.29, 1.82) is 5.26 Å². The molecular formula is C17H14N2O5. The first-order valence-corrected chi connectivity index (χ1v) is 6.95. The minimum absolute atomic E-state index is 0.0862. The lowest BCUT2D eigenvalue weighted by Crippen LogP contribution is -2.23. The number of carboxylic acids is 1. The minimum Gasteiger partial charge on any atom is -0.482 e. The molecule has 0 saturated carbocycles. The summed E-state index contributed by atoms with van der Waals surface area (Å²) < 4.78 is 10.2. The quantitative estimate of drug-likeness (QED) is 0.594. The molecule has 0 aliphatic heterocycles. The third kappa shape index (κ3) is 5.03. The molecule has 1 heterocycles. The number of aliphatic carboxylic acids is 1. The first kappa shape index (κ1) is 16.8. The molecule has 0 aliphatic carbocycles. The van der Waals surface area contributed by atoms with Gasteiger partial charge >= 0.3 is 5.97 Å². The molecule has 1 aromatic carbocycles. The van der Waals surface area contributed by atoms with E-state index in [1.54, 1.807) is 36.4 Å². The number of nitrogens with zero attached hydrogens (tertiary/aromatic N) is 1. The average Bonchev–Trinajstić information content (AvgIpc) is 3.09. The van der Waals surface area contributed by atoms with E-state index >= 15 is 0 Å². The van der Waals surface area contributed by atoms with E-state index in [4.69, 9.17) is 19.5 Å². The predicted octanol–water partition coefficient (Wildman–Crippen LogP) is 1.97. The number of amides is 1. The number of carboxylic acid groups (broad SMARTS) is 1. The summed E-state index contributed by atoms with van der Waals surface area (Å²) in [5, 5.41) is 20.3. The van der Waals surface area contributed by atoms with Crippen molar-refractivity contribution < 1.29 is 23.8 Å². The third-order valence-electron chi connectivity index (χ3n) is 2.90. The molecule has 0 aliphatic rings. The molecule has 7 nitrogen and oxygen atoms in total. The van der Waals surface area contributed by atoms with E-state index < -0.39 is 18.5 Å². The molecule has 0 fully saturated rings. The van der Waals surface area contributed by atoms with Crippen LogP contribution in [0.1, 0.15) is 11.3 Å². The Bertz CT molecular complexity index is 788. The fourth-order valence-electron chi connectivity index (χ4n) is 1.83. The summed E-state index contributed by atoms with van der Waals surface area (Å²) in [6.45, 7) is -0.297. The molecule has 7 heteroatoms. The van der Waals surface area contributed by atoms with Gasteiger partial charge in [-0.3, -0.25) is 4.79 Å². The maximum Gasteiger partial charge on any atom is 0.341 e. The standard InChI is InChI=1S/C17H14N2O5/c18-9-13(17(22)19-10-15-5-2-6-23-15)7-12-3-1-4-14(8-12)24-11-16(20)21/h1-8H,10-11H2,(H,19,22)(H,20,21)/b13-7+. The Kier molecular flexibility index (Phi) is 5.75. The van der Waals surface area contributed by atoms with Crippen molar-refractivity contribution in [3.63, 3.8) is 0 Å². The molecule has 2 N–H and O–H groups in total. The number of carbonyl (C=O) groups excluding carboxylic acids is 1. The van der Waals surface area contributed by atoms with Crippen molar-refractivity contribution in [2.45, 2.75) is 6.54 Å². The van der Waals surface area contributed by atoms with Crippen molar-refractivity contribution in [2.75, 3.05) is 6.61 Å². The molecule has 2 rings (SSSR count). The number of benzene rings is 1. The lowest BCUT2D eigenvalue weighted by atomic mass is 10.1. The maximum atomic E-state index is 12.0. The van der Waals surface area contributed by atoms with Crippen molar-refractivity contribution in [2.24, 2.45) is 0 Å². The Morgan fingerprint density at radius 1 is 1.33 bits per heavy atom. The van der Waals surface area contributed by atoms with E-state index in [9.17, 15) is 9.59 Å². The molecule has 0 unspecified atom stereocenters. The first-order chi connectivity index (χ1) is 11.6. The summed E-state index contributed by atoms with van der Waals surface area (Å²) >= 11 is 0. The van der Waals surface area contributed by atoms with Gasteiger partial charge in [0.15, 0.2) is 6.61 Å². The van der Waals surface area contributed by atoms with Gasteiger partial charge in [-0.1, -0.05) is 12.1 Å². The molecule has 0 atom stereocenters. The fraction of sp³-hybridized carbons (Fsp3) is 0.118. The Hall–Kier alpha value is -3.53. The van der Waals surface area contributed by atoms with E-state index in [2.05, 4.69) is 5.32 Å². The summed E-state index contributed by atoms with van der Waals surface area (Å²) in [5.74, 6) is -0.721. The zero-order valence-corrected chi connectivity index (χ0v) is 12.6. The van der Waals surface area contributed by atoms with Crippen molar-refractivity contribution in [3.8, 4) is 11.8 Å². The van der Waals surface area contributed by atoms with Crippen LogP contribution in [0.3, 0.4) is 0 Å². The van der Waals surface area contributed by atoms with Gasteiger partial charge in [-0.15, -0.1) is 0 Å². The molecule has 0 bridgehead atoms. The molecule has 0 spiro atoms. The van der Waals surface area contributed by atoms with Gasteiger partial charge in [0.25, 0.3) is 5.91 Å². The highest BCUT2D eigenvalue weighted by Crippen LogP contribution is 2.16. The lowest BCUT2D eigenvalue weighted by Gasteiger charge is -2.05. The van der Waals surface area contributed by atoms with Crippen LogP contribution in [0, 0.1) is 11.3 Å². The predicted molar refractivity (Wildman–Crippen MR) is 83.7 cm³/mol. The first-order valence-electron chi connectivity index (χ1n) is 6.95. The summed E-state index contributed by atoms with van der Waals surface area (Å²) in [4.78, 5) is 22.5. The van der Waals surface area contributed by atoms with Crippen LogP contribution in [0.15, 0.2) is 52.7 Å². The van der Waals surface area contributed by atoms with Gasteiger partial charge in [-0.05, 0) is 35.9 Å². The maximum absolute atomic E-state index is 12.0. The van der Waals surface area contributed by atoms with Gasteiger partial charge in [0.1, 0.15) is 23.2 Å². The van der Waals surface area contributed by atoms with Gasteiger partial charge in [-0.2, -0.15) is 5.26 Å². The van der Waals surface area contributed by atoms with E-state index in [0.29, 0.717) is 17.1 Å². The van der Waals surface area contributed by atoms with Gasteiger partial charge < -0.3 is 19.6 Å². The second-order valence-electron chi connectivity index (χ2n) is 4.69. The highest BCUT2D eigenvalue weighted by molar-refractivity contribution is 6.01. The van der Waals surface area contributed by atoms with E-state index in [0.717, 1.165) is 0 Å². The third-order valence-corrected chi connectivity index (χ3v) is 2.90. The van der Waals surface area contributed by atoms with Gasteiger partial charge in [0, 0.05) is 0 Å². The number of furan rings is 1. The van der Waals surface area contributed by atoms with Gasteiger partial charge in [0.05, 0.1) is 12.8 Å². The summed E-state index contributed by atoms with van der Waals surface area (Å²) in [5.41, 5.74) is 0.458. The smallest absolute Gasteiger partial charge is 0.341 e. The van der Waals surface area contributed by atoms with Crippen LogP contribution in [-0.4, -0.2) is 23.6 Å². The number of ether oxygens (including phenoxy) is 1. The molecule has 1 aromatic heterocycles. The normalized spacial score (nSPS) is 10.7. The fourth-order valence-corrected chi connectivity index (χ4v) is 1.83. The summed E-state index contributed by atoms with van der Waals surface area (Å²) in [6.07, 6.45) is 2.89. The van der Waals surface area contributed by atoms with Crippen LogP contribution in [0.4, 0.5) is 0 Å². The Balaban J connectivity index is 2.06. The molecule has 0 radical (unpaired) electrons. The highest BCUT2D eigenvalue weighted by Gasteiger charge is 2.10. The zero-order valence-electron chi connectivity index (χ0n) is 12.6. The van der Waals surface area contributed by atoms with E-state index in [-0.39, 0.29) is 12.1 Å². The largest absolute Gasteiger partial charge is 0.482 e. The van der Waals surface area contributed by atoms with Crippen molar-refractivity contribution in [3.05, 3.63) is 59.6 Å². The van der Waals surface area contributed by atoms with E-state index in [1.807, 2.05) is 6.07 Å². The molecule has 2 aromatic rings. The van der Waals surface area contributed by atoms with Gasteiger partial charge in [-0.25, -0.2) is 4.79 Å². The lowest BCUT2D eigenvalue weighted by molar-refractivity contribution is -0.139. The van der Waals surface area contributed by atoms with Gasteiger partial charge in [0.2, 0.25) is 0 Å². The number of carbonyl (C=O) groups is 2. The zero-order chi connectivity index (χ0) is 17.4. The van der Waals surface area contributed by atoms with Crippen molar-refractivity contribution in [1.82, 2.24) is 5.32 Å². The number of nitriles is 1. The van der Waals surface area contributed by atoms with Crippen LogP contribution in [0.5, 0.6) is 5.75 Å².